The van der Waals surface area contributed by atoms with E-state index in [0.29, 0.717) is 13.1 Å². The maximum atomic E-state index is 5.72. The molecule has 0 aromatic carbocycles. The van der Waals surface area contributed by atoms with Crippen LogP contribution in [-0.2, 0) is 19.5 Å². The minimum atomic E-state index is 0.431. The normalized spacial score (nSPS) is 11.2. The van der Waals surface area contributed by atoms with Gasteiger partial charge in [-0.15, -0.1) is 5.10 Å². The van der Waals surface area contributed by atoms with Gasteiger partial charge >= 0.3 is 0 Å². The van der Waals surface area contributed by atoms with Gasteiger partial charge in [-0.05, 0) is 26.7 Å². The number of rotatable bonds is 6. The van der Waals surface area contributed by atoms with Crippen molar-refractivity contribution >= 4 is 0 Å². The van der Waals surface area contributed by atoms with E-state index in [1.807, 2.05) is 18.5 Å². The Bertz CT molecular complexity index is 524. The highest BCUT2D eigenvalue weighted by atomic mass is 16.5. The summed E-state index contributed by atoms with van der Waals surface area (Å²) in [5.41, 5.74) is 9.72. The van der Waals surface area contributed by atoms with Gasteiger partial charge in [-0.2, -0.15) is 0 Å². The monoisotopic (exact) mass is 263 g/mol. The summed E-state index contributed by atoms with van der Waals surface area (Å²) in [5, 5.41) is 12.3. The Morgan fingerprint density at radius 2 is 2.11 bits per heavy atom. The Morgan fingerprint density at radius 1 is 1.32 bits per heavy atom. The number of aryl methyl sites for hydroxylation is 2. The molecule has 0 aliphatic rings. The zero-order chi connectivity index (χ0) is 13.8. The second-order valence-corrected chi connectivity index (χ2v) is 4.75. The molecule has 2 heterocycles. The van der Waals surface area contributed by atoms with Gasteiger partial charge in [0.15, 0.2) is 0 Å². The van der Waals surface area contributed by atoms with Crippen LogP contribution in [0.25, 0.3) is 0 Å². The fourth-order valence-corrected chi connectivity index (χ4v) is 2.15. The molecule has 0 aliphatic heterocycles. The lowest BCUT2D eigenvalue weighted by atomic mass is 10.1. The number of unbranched alkanes of at least 4 members (excludes halogenated alkanes) is 1. The van der Waals surface area contributed by atoms with Crippen LogP contribution in [0, 0.1) is 13.8 Å². The molecule has 2 aromatic rings. The van der Waals surface area contributed by atoms with Crippen LogP contribution in [0.2, 0.25) is 0 Å². The standard InChI is InChI=1S/C13H21N5O/c1-4-5-6-13-12(7-14)15-17-18(13)8-11-9(2)16-19-10(11)3/h4-8,14H2,1-3H3. The summed E-state index contributed by atoms with van der Waals surface area (Å²) in [4.78, 5) is 0. The number of hydrogen-bond acceptors (Lipinski definition) is 5. The Kier molecular flexibility index (Phi) is 4.31. The molecule has 0 saturated carbocycles. The van der Waals surface area contributed by atoms with Crippen molar-refractivity contribution in [3.05, 3.63) is 28.4 Å². The summed E-state index contributed by atoms with van der Waals surface area (Å²) in [5.74, 6) is 0.837. The van der Waals surface area contributed by atoms with Crippen molar-refractivity contribution < 1.29 is 4.52 Å². The summed E-state index contributed by atoms with van der Waals surface area (Å²) >= 11 is 0. The third-order valence-electron chi connectivity index (χ3n) is 3.37. The highest BCUT2D eigenvalue weighted by molar-refractivity contribution is 5.22. The molecule has 6 nitrogen and oxygen atoms in total. The van der Waals surface area contributed by atoms with Gasteiger partial charge in [-0.1, -0.05) is 23.7 Å². The first-order chi connectivity index (χ1) is 9.17. The first-order valence-corrected chi connectivity index (χ1v) is 6.70. The van der Waals surface area contributed by atoms with E-state index in [0.717, 1.165) is 47.7 Å². The second-order valence-electron chi connectivity index (χ2n) is 4.75. The van der Waals surface area contributed by atoms with Crippen LogP contribution in [0.4, 0.5) is 0 Å². The van der Waals surface area contributed by atoms with Crippen molar-refractivity contribution in [1.82, 2.24) is 20.2 Å². The van der Waals surface area contributed by atoms with Crippen molar-refractivity contribution in [2.75, 3.05) is 0 Å². The van der Waals surface area contributed by atoms with Gasteiger partial charge in [-0.3, -0.25) is 0 Å². The molecule has 2 N–H and O–H groups in total. The summed E-state index contributed by atoms with van der Waals surface area (Å²) in [6, 6.07) is 0. The maximum absolute atomic E-state index is 5.72. The van der Waals surface area contributed by atoms with E-state index in [4.69, 9.17) is 10.3 Å². The Hall–Kier alpha value is -1.69. The Morgan fingerprint density at radius 3 is 2.68 bits per heavy atom. The Balaban J connectivity index is 2.27. The van der Waals surface area contributed by atoms with Gasteiger partial charge in [0.25, 0.3) is 0 Å². The molecular weight excluding hydrogens is 242 g/mol. The van der Waals surface area contributed by atoms with Gasteiger partial charge in [0.05, 0.1) is 23.6 Å². The minimum Gasteiger partial charge on any atom is -0.361 e. The van der Waals surface area contributed by atoms with Gasteiger partial charge in [-0.25, -0.2) is 4.68 Å². The van der Waals surface area contributed by atoms with E-state index < -0.39 is 0 Å². The van der Waals surface area contributed by atoms with Gasteiger partial charge in [0.1, 0.15) is 5.76 Å². The van der Waals surface area contributed by atoms with Gasteiger partial charge in [0, 0.05) is 12.1 Å². The molecule has 6 heteroatoms. The molecule has 0 atom stereocenters. The van der Waals surface area contributed by atoms with E-state index in [1.54, 1.807) is 0 Å². The average Bonchev–Trinajstić information content (AvgIpc) is 2.94. The van der Waals surface area contributed by atoms with Crippen LogP contribution in [-0.4, -0.2) is 20.2 Å². The molecule has 0 amide bonds. The number of aromatic nitrogens is 4. The molecule has 19 heavy (non-hydrogen) atoms. The zero-order valence-corrected chi connectivity index (χ0v) is 11.8. The van der Waals surface area contributed by atoms with Crippen LogP contribution in [0.15, 0.2) is 4.52 Å². The summed E-state index contributed by atoms with van der Waals surface area (Å²) in [6.45, 7) is 7.11. The largest absolute Gasteiger partial charge is 0.361 e. The van der Waals surface area contributed by atoms with Crippen LogP contribution in [0.5, 0.6) is 0 Å². The molecular formula is C13H21N5O. The van der Waals surface area contributed by atoms with Crippen LogP contribution in [0.3, 0.4) is 0 Å². The fourth-order valence-electron chi connectivity index (χ4n) is 2.15. The first-order valence-electron chi connectivity index (χ1n) is 6.70. The van der Waals surface area contributed by atoms with Crippen molar-refractivity contribution in [3.8, 4) is 0 Å². The average molecular weight is 263 g/mol. The van der Waals surface area contributed by atoms with Crippen molar-refractivity contribution in [1.29, 1.82) is 0 Å². The first kappa shape index (κ1) is 13.7. The molecule has 0 spiro atoms. The molecule has 2 rings (SSSR count). The predicted molar refractivity (Wildman–Crippen MR) is 71.6 cm³/mol. The predicted octanol–water partition coefficient (Wildman–Crippen LogP) is 1.73. The van der Waals surface area contributed by atoms with E-state index in [2.05, 4.69) is 22.4 Å². The van der Waals surface area contributed by atoms with Crippen LogP contribution in [0.1, 0.15) is 48.2 Å². The van der Waals surface area contributed by atoms with E-state index >= 15 is 0 Å². The molecule has 0 saturated heterocycles. The van der Waals surface area contributed by atoms with E-state index in [1.165, 1.54) is 0 Å². The molecule has 0 bridgehead atoms. The number of nitrogens with zero attached hydrogens (tertiary/aromatic N) is 4. The van der Waals surface area contributed by atoms with E-state index in [9.17, 15) is 0 Å². The lowest BCUT2D eigenvalue weighted by Gasteiger charge is -2.07. The summed E-state index contributed by atoms with van der Waals surface area (Å²) < 4.78 is 7.11. The fraction of sp³-hybridized carbons (Fsp3) is 0.615. The SMILES string of the molecule is CCCCc1c(CN)nnn1Cc1c(C)noc1C. The lowest BCUT2D eigenvalue weighted by molar-refractivity contribution is 0.391. The number of hydrogen-bond donors (Lipinski definition) is 1. The second kappa shape index (κ2) is 5.97. The quantitative estimate of drug-likeness (QED) is 0.858. The summed E-state index contributed by atoms with van der Waals surface area (Å²) in [6.07, 6.45) is 3.21. The van der Waals surface area contributed by atoms with Gasteiger partial charge in [0.2, 0.25) is 0 Å². The van der Waals surface area contributed by atoms with Crippen molar-refractivity contribution in [2.45, 2.75) is 53.1 Å². The zero-order valence-electron chi connectivity index (χ0n) is 11.8. The van der Waals surface area contributed by atoms with Crippen LogP contribution < -0.4 is 5.73 Å². The molecule has 0 unspecified atom stereocenters. The maximum Gasteiger partial charge on any atom is 0.138 e. The van der Waals surface area contributed by atoms with Crippen molar-refractivity contribution in [3.63, 3.8) is 0 Å². The number of nitrogens with two attached hydrogens (primary N) is 1. The highest BCUT2D eigenvalue weighted by Crippen LogP contribution is 2.16. The molecule has 0 radical (unpaired) electrons. The van der Waals surface area contributed by atoms with Gasteiger partial charge < -0.3 is 10.3 Å². The van der Waals surface area contributed by atoms with Crippen molar-refractivity contribution in [2.24, 2.45) is 5.73 Å². The van der Waals surface area contributed by atoms with E-state index in [-0.39, 0.29) is 0 Å². The molecule has 0 aliphatic carbocycles. The van der Waals surface area contributed by atoms with Crippen LogP contribution >= 0.6 is 0 Å². The molecule has 104 valence electrons. The third kappa shape index (κ3) is 2.84. The smallest absolute Gasteiger partial charge is 0.138 e. The third-order valence-corrected chi connectivity index (χ3v) is 3.37. The molecule has 0 fully saturated rings. The Labute approximate surface area is 113 Å². The lowest BCUT2D eigenvalue weighted by Crippen LogP contribution is -2.10. The summed E-state index contributed by atoms with van der Waals surface area (Å²) in [7, 11) is 0. The minimum absolute atomic E-state index is 0.431. The molecule has 2 aromatic heterocycles. The highest BCUT2D eigenvalue weighted by Gasteiger charge is 2.15. The topological polar surface area (TPSA) is 82.8 Å².